The van der Waals surface area contributed by atoms with Crippen LogP contribution in [0.3, 0.4) is 0 Å². The highest BCUT2D eigenvalue weighted by Crippen LogP contribution is 2.41. The number of hydrogen-bond acceptors (Lipinski definition) is 6. The monoisotopic (exact) mass is 362 g/mol. The number of allylic oxidation sites excluding steroid dienone is 2. The molecule has 144 valence electrons. The zero-order chi connectivity index (χ0) is 19.7. The lowest BCUT2D eigenvalue weighted by atomic mass is 9.90. The molecule has 0 amide bonds. The lowest BCUT2D eigenvalue weighted by Crippen LogP contribution is -2.45. The van der Waals surface area contributed by atoms with Crippen molar-refractivity contribution >= 4 is 14.5 Å². The van der Waals surface area contributed by atoms with E-state index >= 15 is 0 Å². The smallest absolute Gasteiger partial charge is 0.384 e. The predicted molar refractivity (Wildman–Crippen MR) is 103 cm³/mol. The minimum Gasteiger partial charge on any atom is -0.384 e. The van der Waals surface area contributed by atoms with Crippen molar-refractivity contribution in [3.63, 3.8) is 0 Å². The fourth-order valence-electron chi connectivity index (χ4n) is 3.05. The molecule has 6 nitrogen and oxygen atoms in total. The molecule has 2 saturated heterocycles. The Morgan fingerprint density at radius 3 is 1.04 bits per heavy atom. The maximum Gasteiger partial charge on any atom is 0.598 e. The van der Waals surface area contributed by atoms with Gasteiger partial charge in [-0.05, 0) is 69.2 Å². The predicted octanol–water partition coefficient (Wildman–Crippen LogP) is 3.50. The highest BCUT2D eigenvalue weighted by atomic mass is 16.7. The van der Waals surface area contributed by atoms with Crippen LogP contribution < -0.4 is 0 Å². The summed E-state index contributed by atoms with van der Waals surface area (Å²) in [5.74, 6) is 0. The molecule has 0 aromatic carbocycles. The molecule has 0 spiro atoms. The van der Waals surface area contributed by atoms with E-state index in [1.165, 1.54) is 0 Å². The third-order valence-electron chi connectivity index (χ3n) is 6.62. The van der Waals surface area contributed by atoms with E-state index in [1.54, 1.807) is 0 Å². The summed E-state index contributed by atoms with van der Waals surface area (Å²) in [5, 5.41) is 0. The molecule has 0 aromatic heterocycles. The van der Waals surface area contributed by atoms with Crippen LogP contribution >= 0.6 is 0 Å². The molecule has 0 bridgehead atoms. The molecule has 26 heavy (non-hydrogen) atoms. The van der Waals surface area contributed by atoms with Gasteiger partial charge in [-0.25, -0.2) is 0 Å². The minimum absolute atomic E-state index is 0.372. The van der Waals surface area contributed by atoms with Crippen LogP contribution in [0.15, 0.2) is 23.8 Å². The molecular formula is C18H32B2N2O4. The molecule has 3 aliphatic heterocycles. The third kappa shape index (κ3) is 2.91. The van der Waals surface area contributed by atoms with Gasteiger partial charge in [-0.1, -0.05) is 0 Å². The van der Waals surface area contributed by atoms with Gasteiger partial charge in [0, 0.05) is 23.8 Å². The number of hydrogen-bond donors (Lipinski definition) is 0. The summed E-state index contributed by atoms with van der Waals surface area (Å²) in [6, 6.07) is 0. The van der Waals surface area contributed by atoms with Crippen molar-refractivity contribution in [3.05, 3.63) is 23.8 Å². The van der Waals surface area contributed by atoms with Crippen LogP contribution in [0.5, 0.6) is 0 Å². The summed E-state index contributed by atoms with van der Waals surface area (Å²) in [6.07, 6.45) is 3.94. The van der Waals surface area contributed by atoms with Crippen LogP contribution in [0.25, 0.3) is 0 Å². The zero-order valence-electron chi connectivity index (χ0n) is 17.8. The molecule has 3 heterocycles. The fourth-order valence-corrected chi connectivity index (χ4v) is 3.05. The van der Waals surface area contributed by atoms with Gasteiger partial charge < -0.3 is 28.2 Å². The van der Waals surface area contributed by atoms with Gasteiger partial charge in [0.15, 0.2) is 0 Å². The Balaban J connectivity index is 1.80. The maximum atomic E-state index is 6.19. The molecule has 0 aliphatic carbocycles. The molecule has 0 saturated carbocycles. The highest BCUT2D eigenvalue weighted by molar-refractivity contribution is 6.44. The van der Waals surface area contributed by atoms with Gasteiger partial charge in [-0.2, -0.15) is 0 Å². The molecule has 3 aliphatic rings. The van der Waals surface area contributed by atoms with Crippen molar-refractivity contribution in [1.29, 1.82) is 0 Å². The van der Waals surface area contributed by atoms with Crippen LogP contribution in [0, 0.1) is 0 Å². The lowest BCUT2D eigenvalue weighted by Gasteiger charge is -2.35. The van der Waals surface area contributed by atoms with Gasteiger partial charge in [0.25, 0.3) is 0 Å². The van der Waals surface area contributed by atoms with Gasteiger partial charge in [0.05, 0.1) is 22.4 Å². The normalized spacial score (nSPS) is 29.2. The van der Waals surface area contributed by atoms with Crippen molar-refractivity contribution in [1.82, 2.24) is 9.62 Å². The van der Waals surface area contributed by atoms with Gasteiger partial charge >= 0.3 is 14.5 Å². The Hall–Kier alpha value is -0.950. The lowest BCUT2D eigenvalue weighted by molar-refractivity contribution is 0.00578. The van der Waals surface area contributed by atoms with E-state index in [0.29, 0.717) is 0 Å². The van der Waals surface area contributed by atoms with Crippen molar-refractivity contribution in [2.75, 3.05) is 0 Å². The van der Waals surface area contributed by atoms with Gasteiger partial charge in [-0.15, -0.1) is 0 Å². The van der Waals surface area contributed by atoms with E-state index < -0.39 is 14.5 Å². The van der Waals surface area contributed by atoms with E-state index in [2.05, 4.69) is 69.2 Å². The first kappa shape index (κ1) is 19.8. The quantitative estimate of drug-likeness (QED) is 0.701. The topological polar surface area (TPSA) is 43.4 Å². The Labute approximate surface area is 158 Å². The largest absolute Gasteiger partial charge is 0.598 e. The van der Waals surface area contributed by atoms with Crippen molar-refractivity contribution < 1.29 is 18.6 Å². The average molecular weight is 362 g/mol. The van der Waals surface area contributed by atoms with Crippen LogP contribution in [0.2, 0.25) is 0 Å². The van der Waals surface area contributed by atoms with E-state index in [4.69, 9.17) is 18.6 Å². The van der Waals surface area contributed by atoms with Crippen LogP contribution in [-0.4, -0.2) is 46.5 Å². The second-order valence-corrected chi connectivity index (χ2v) is 9.41. The molecule has 0 radical (unpaired) electrons. The molecule has 2 fully saturated rings. The summed E-state index contributed by atoms with van der Waals surface area (Å²) < 4.78 is 24.7. The van der Waals surface area contributed by atoms with Crippen LogP contribution in [0.4, 0.5) is 0 Å². The summed E-state index contributed by atoms with van der Waals surface area (Å²) >= 11 is 0. The molecule has 8 heteroatoms. The number of nitrogens with zero attached hydrogens (tertiary/aromatic N) is 2. The van der Waals surface area contributed by atoms with Crippen molar-refractivity contribution in [3.8, 4) is 0 Å². The van der Waals surface area contributed by atoms with E-state index in [1.807, 2.05) is 22.0 Å². The Morgan fingerprint density at radius 1 is 0.577 bits per heavy atom. The second kappa shape index (κ2) is 5.77. The third-order valence-corrected chi connectivity index (χ3v) is 6.62. The Morgan fingerprint density at radius 2 is 0.808 bits per heavy atom. The van der Waals surface area contributed by atoms with Gasteiger partial charge in [0.2, 0.25) is 0 Å². The Kier molecular flexibility index (Phi) is 4.40. The first-order valence-electron chi connectivity index (χ1n) is 9.32. The van der Waals surface area contributed by atoms with E-state index in [0.717, 1.165) is 11.4 Å². The maximum absolute atomic E-state index is 6.19. The first-order valence-corrected chi connectivity index (χ1v) is 9.32. The summed E-state index contributed by atoms with van der Waals surface area (Å²) in [5.41, 5.74) is 0.595. The van der Waals surface area contributed by atoms with Gasteiger partial charge in [-0.3, -0.25) is 0 Å². The summed E-state index contributed by atoms with van der Waals surface area (Å²) in [6.45, 7) is 20.6. The molecular weight excluding hydrogens is 330 g/mol. The summed E-state index contributed by atoms with van der Waals surface area (Å²) in [7, 11) is -0.904. The van der Waals surface area contributed by atoms with E-state index in [9.17, 15) is 0 Å². The standard InChI is InChI=1S/C18H32B2N2O4/c1-13-14(2)22(20-25-17(7,8)18(9,10)26-20)12-11-21(13)19-23-15(3,4)16(5,6)24-19/h11-12H,1-10H3. The molecule has 0 unspecified atom stereocenters. The second-order valence-electron chi connectivity index (χ2n) is 9.41. The van der Waals surface area contributed by atoms with Crippen LogP contribution in [-0.2, 0) is 18.6 Å². The molecule has 0 aromatic rings. The zero-order valence-corrected chi connectivity index (χ0v) is 17.8. The first-order chi connectivity index (χ1) is 11.7. The van der Waals surface area contributed by atoms with Crippen LogP contribution in [0.1, 0.15) is 69.2 Å². The summed E-state index contributed by atoms with van der Waals surface area (Å²) in [4.78, 5) is 4.04. The SMILES string of the molecule is CC1=C(C)N(B2OC(C)(C)C(C)(C)O2)C=CN1B1OC(C)(C)C(C)(C)O1. The highest BCUT2D eigenvalue weighted by Gasteiger charge is 2.57. The van der Waals surface area contributed by atoms with E-state index in [-0.39, 0.29) is 22.4 Å². The fraction of sp³-hybridized carbons (Fsp3) is 0.778. The van der Waals surface area contributed by atoms with Gasteiger partial charge in [0.1, 0.15) is 0 Å². The van der Waals surface area contributed by atoms with Crippen molar-refractivity contribution in [2.45, 2.75) is 91.6 Å². The average Bonchev–Trinajstić information content (AvgIpc) is 2.81. The molecule has 3 rings (SSSR count). The Bertz CT molecular complexity index is 572. The van der Waals surface area contributed by atoms with Crippen molar-refractivity contribution in [2.24, 2.45) is 0 Å². The number of rotatable bonds is 2. The minimum atomic E-state index is -0.452. The molecule has 0 atom stereocenters. The molecule has 0 N–H and O–H groups in total.